The normalized spacial score (nSPS) is 10.7. The highest BCUT2D eigenvalue weighted by Gasteiger charge is 2.24. The Morgan fingerprint density at radius 2 is 1.73 bits per heavy atom. The fourth-order valence-corrected chi connectivity index (χ4v) is 3.33. The summed E-state index contributed by atoms with van der Waals surface area (Å²) in [5.74, 6) is 1.55. The average Bonchev–Trinajstić information content (AvgIpc) is 2.76. The number of hydrogen-bond donors (Lipinski definition) is 0. The van der Waals surface area contributed by atoms with Crippen LogP contribution in [0.15, 0.2) is 39.5 Å². The number of methoxy groups -OCH3 is 4. The number of aldehydes is 1. The van der Waals surface area contributed by atoms with E-state index in [2.05, 4.69) is 0 Å². The van der Waals surface area contributed by atoms with Gasteiger partial charge in [0.25, 0.3) is 0 Å². The topological polar surface area (TPSA) is 93.4 Å². The first-order valence-corrected chi connectivity index (χ1v) is 9.04. The first-order valence-electron chi connectivity index (χ1n) is 9.04. The third-order valence-corrected chi connectivity index (χ3v) is 4.59. The lowest BCUT2D eigenvalue weighted by Gasteiger charge is -2.17. The Balaban J connectivity index is 2.31. The average molecular weight is 414 g/mol. The number of fused-ring (bicyclic) bond motifs is 1. The second kappa shape index (κ2) is 9.32. The van der Waals surface area contributed by atoms with E-state index in [1.165, 1.54) is 28.4 Å². The van der Waals surface area contributed by atoms with E-state index < -0.39 is 5.63 Å². The van der Waals surface area contributed by atoms with E-state index in [1.807, 2.05) is 0 Å². The highest BCUT2D eigenvalue weighted by atomic mass is 16.7. The Labute approximate surface area is 172 Å². The van der Waals surface area contributed by atoms with Gasteiger partial charge in [-0.15, -0.1) is 0 Å². The van der Waals surface area contributed by atoms with Crippen LogP contribution in [0.5, 0.6) is 23.0 Å². The van der Waals surface area contributed by atoms with Gasteiger partial charge in [-0.2, -0.15) is 0 Å². The minimum absolute atomic E-state index is 0.00715. The predicted octanol–water partition coefficient (Wildman–Crippen LogP) is 3.21. The molecule has 3 rings (SSSR count). The third-order valence-electron chi connectivity index (χ3n) is 4.59. The lowest BCUT2D eigenvalue weighted by molar-refractivity contribution is -0.107. The summed E-state index contributed by atoms with van der Waals surface area (Å²) in [6.45, 7) is 0.0534. The van der Waals surface area contributed by atoms with Crippen LogP contribution in [-0.4, -0.2) is 41.5 Å². The van der Waals surface area contributed by atoms with Crippen LogP contribution < -0.4 is 24.6 Å². The van der Waals surface area contributed by atoms with Crippen molar-refractivity contribution in [1.29, 1.82) is 0 Å². The third kappa shape index (κ3) is 3.81. The van der Waals surface area contributed by atoms with Crippen molar-refractivity contribution in [1.82, 2.24) is 0 Å². The van der Waals surface area contributed by atoms with Gasteiger partial charge in [0.05, 0.1) is 26.9 Å². The number of carbonyl (C=O) groups excluding carboxylic acids is 1. The summed E-state index contributed by atoms with van der Waals surface area (Å²) in [6.07, 6.45) is 0.744. The van der Waals surface area contributed by atoms with E-state index in [-0.39, 0.29) is 18.8 Å². The number of rotatable bonds is 9. The minimum atomic E-state index is -0.617. The summed E-state index contributed by atoms with van der Waals surface area (Å²) in [5, 5.41) is 0.610. The van der Waals surface area contributed by atoms with Crippen molar-refractivity contribution in [2.45, 2.75) is 6.42 Å². The minimum Gasteiger partial charge on any atom is -0.493 e. The lowest BCUT2D eigenvalue weighted by atomic mass is 9.95. The standard InChI is InChI=1S/C22H22O8/c1-25-12-29-13-5-6-14-15(9-10-23)19(22(24)30-18(14)11-13)16-7-8-17(26-2)21(28-4)20(16)27-3/h5-8,10-11H,9,12H2,1-4H3. The summed E-state index contributed by atoms with van der Waals surface area (Å²) in [5.41, 5.74) is 0.850. The van der Waals surface area contributed by atoms with Gasteiger partial charge in [-0.1, -0.05) is 0 Å². The molecule has 1 aromatic heterocycles. The number of hydrogen-bond acceptors (Lipinski definition) is 8. The van der Waals surface area contributed by atoms with Crippen LogP contribution >= 0.6 is 0 Å². The Bertz CT molecular complexity index is 1120. The van der Waals surface area contributed by atoms with Gasteiger partial charge in [0, 0.05) is 30.5 Å². The van der Waals surface area contributed by atoms with Crippen LogP contribution in [0.25, 0.3) is 22.1 Å². The zero-order chi connectivity index (χ0) is 21.7. The Kier molecular flexibility index (Phi) is 6.58. The maximum absolute atomic E-state index is 13.0. The summed E-state index contributed by atoms with van der Waals surface area (Å²) < 4.78 is 32.1. The zero-order valence-corrected chi connectivity index (χ0v) is 17.1. The number of benzene rings is 2. The zero-order valence-electron chi connectivity index (χ0n) is 17.1. The lowest BCUT2D eigenvalue weighted by Crippen LogP contribution is -2.10. The van der Waals surface area contributed by atoms with Gasteiger partial charge < -0.3 is 32.9 Å². The van der Waals surface area contributed by atoms with Gasteiger partial charge in [-0.05, 0) is 29.8 Å². The molecular weight excluding hydrogens is 392 g/mol. The van der Waals surface area contributed by atoms with E-state index in [0.29, 0.717) is 45.1 Å². The predicted molar refractivity (Wildman–Crippen MR) is 110 cm³/mol. The molecule has 0 aliphatic carbocycles. The highest BCUT2D eigenvalue weighted by molar-refractivity contribution is 5.91. The molecule has 8 nitrogen and oxygen atoms in total. The summed E-state index contributed by atoms with van der Waals surface area (Å²) in [4.78, 5) is 24.5. The van der Waals surface area contributed by atoms with Crippen molar-refractivity contribution in [3.05, 3.63) is 46.3 Å². The fraction of sp³-hybridized carbons (Fsp3) is 0.273. The van der Waals surface area contributed by atoms with E-state index in [4.69, 9.17) is 28.1 Å². The molecule has 0 aliphatic heterocycles. The van der Waals surface area contributed by atoms with Crippen LogP contribution in [0, 0.1) is 0 Å². The van der Waals surface area contributed by atoms with Crippen LogP contribution in [0.4, 0.5) is 0 Å². The fourth-order valence-electron chi connectivity index (χ4n) is 3.33. The molecule has 0 aliphatic rings. The van der Waals surface area contributed by atoms with Crippen molar-refractivity contribution in [3.63, 3.8) is 0 Å². The summed E-state index contributed by atoms with van der Waals surface area (Å²) >= 11 is 0. The molecule has 8 heteroatoms. The van der Waals surface area contributed by atoms with Gasteiger partial charge in [0.1, 0.15) is 17.6 Å². The molecule has 2 aromatic carbocycles. The SMILES string of the molecule is COCOc1ccc2c(CC=O)c(-c3ccc(OC)c(OC)c3OC)c(=O)oc2c1. The molecule has 0 radical (unpaired) electrons. The molecule has 0 saturated carbocycles. The van der Waals surface area contributed by atoms with Crippen LogP contribution in [0.3, 0.4) is 0 Å². The van der Waals surface area contributed by atoms with Gasteiger partial charge in [-0.25, -0.2) is 4.79 Å². The Morgan fingerprint density at radius 1 is 0.967 bits per heavy atom. The van der Waals surface area contributed by atoms with Crippen molar-refractivity contribution in [2.24, 2.45) is 0 Å². The summed E-state index contributed by atoms with van der Waals surface area (Å²) in [6, 6.07) is 8.36. The van der Waals surface area contributed by atoms with Crippen molar-refractivity contribution in [2.75, 3.05) is 35.2 Å². The van der Waals surface area contributed by atoms with Gasteiger partial charge in [0.2, 0.25) is 5.75 Å². The molecule has 30 heavy (non-hydrogen) atoms. The molecule has 0 N–H and O–H groups in total. The molecule has 0 fully saturated rings. The molecule has 0 spiro atoms. The quantitative estimate of drug-likeness (QED) is 0.299. The maximum atomic E-state index is 13.0. The first-order chi connectivity index (χ1) is 14.6. The maximum Gasteiger partial charge on any atom is 0.344 e. The van der Waals surface area contributed by atoms with Crippen LogP contribution in [0.2, 0.25) is 0 Å². The van der Waals surface area contributed by atoms with Gasteiger partial charge in [-0.3, -0.25) is 0 Å². The molecule has 3 aromatic rings. The largest absolute Gasteiger partial charge is 0.493 e. The number of carbonyl (C=O) groups is 1. The van der Waals surface area contributed by atoms with Crippen molar-refractivity contribution < 1.29 is 32.9 Å². The molecule has 0 amide bonds. The van der Waals surface area contributed by atoms with Gasteiger partial charge in [0.15, 0.2) is 18.3 Å². The smallest absolute Gasteiger partial charge is 0.344 e. The van der Waals surface area contributed by atoms with Gasteiger partial charge >= 0.3 is 5.63 Å². The van der Waals surface area contributed by atoms with E-state index in [1.54, 1.807) is 30.3 Å². The first kappa shape index (κ1) is 21.2. The van der Waals surface area contributed by atoms with Crippen LogP contribution in [-0.2, 0) is 16.0 Å². The van der Waals surface area contributed by atoms with E-state index in [0.717, 1.165) is 6.29 Å². The van der Waals surface area contributed by atoms with Crippen LogP contribution in [0.1, 0.15) is 5.56 Å². The number of ether oxygens (including phenoxy) is 5. The monoisotopic (exact) mass is 414 g/mol. The van der Waals surface area contributed by atoms with Crippen molar-refractivity contribution >= 4 is 17.3 Å². The second-order valence-corrected chi connectivity index (χ2v) is 6.20. The molecular formula is C22H22O8. The van der Waals surface area contributed by atoms with E-state index >= 15 is 0 Å². The highest BCUT2D eigenvalue weighted by Crippen LogP contribution is 2.45. The Morgan fingerprint density at radius 3 is 2.37 bits per heavy atom. The molecule has 158 valence electrons. The molecule has 0 unspecified atom stereocenters. The van der Waals surface area contributed by atoms with E-state index in [9.17, 15) is 9.59 Å². The summed E-state index contributed by atoms with van der Waals surface area (Å²) in [7, 11) is 5.94. The second-order valence-electron chi connectivity index (χ2n) is 6.20. The Hall–Kier alpha value is -3.52. The molecule has 0 bridgehead atoms. The molecule has 0 saturated heterocycles. The van der Waals surface area contributed by atoms with Crippen molar-refractivity contribution in [3.8, 4) is 34.1 Å². The molecule has 0 atom stereocenters. The molecule has 1 heterocycles.